The average Bonchev–Trinajstić information content (AvgIpc) is 2.41. The molecule has 3 nitrogen and oxygen atoms in total. The highest BCUT2D eigenvalue weighted by Crippen LogP contribution is 2.32. The van der Waals surface area contributed by atoms with Gasteiger partial charge >= 0.3 is 0 Å². The van der Waals surface area contributed by atoms with Gasteiger partial charge in [0.05, 0.1) is 11.6 Å². The highest BCUT2D eigenvalue weighted by Gasteiger charge is 2.21. The fraction of sp³-hybridized carbons (Fsp3) is 0.462. The number of piperidine rings is 1. The molecule has 0 spiro atoms. The summed E-state index contributed by atoms with van der Waals surface area (Å²) in [6.07, 6.45) is 1.80. The fourth-order valence-corrected chi connectivity index (χ4v) is 2.67. The number of amides is 1. The van der Waals surface area contributed by atoms with Crippen molar-refractivity contribution in [3.8, 4) is 0 Å². The summed E-state index contributed by atoms with van der Waals surface area (Å²) in [5.41, 5.74) is 0.461. The molecule has 0 radical (unpaired) electrons. The summed E-state index contributed by atoms with van der Waals surface area (Å²) in [6.45, 7) is 1.58. The Labute approximate surface area is 127 Å². The maximum atomic E-state index is 12.4. The smallest absolute Gasteiger partial charge is 0.288 e. The van der Waals surface area contributed by atoms with Crippen LogP contribution >= 0.6 is 24.2 Å². The molecule has 2 rings (SSSR count). The van der Waals surface area contributed by atoms with E-state index in [9.17, 15) is 13.6 Å². The van der Waals surface area contributed by atoms with Crippen molar-refractivity contribution in [2.45, 2.75) is 23.5 Å². The SMILES string of the molecule is Cl.O=C(Nc1ccccc1SC(F)F)[C@@H]1CCCNC1. The molecule has 1 aromatic carbocycles. The number of para-hydroxylation sites is 1. The highest BCUT2D eigenvalue weighted by atomic mass is 35.5. The van der Waals surface area contributed by atoms with Crippen LogP contribution in [0.3, 0.4) is 0 Å². The second-order valence-electron chi connectivity index (χ2n) is 4.41. The van der Waals surface area contributed by atoms with Gasteiger partial charge in [-0.15, -0.1) is 12.4 Å². The zero-order chi connectivity index (χ0) is 13.7. The molecule has 1 heterocycles. The molecule has 1 aliphatic heterocycles. The van der Waals surface area contributed by atoms with Gasteiger partial charge in [-0.05, 0) is 31.5 Å². The van der Waals surface area contributed by atoms with Crippen molar-refractivity contribution in [3.63, 3.8) is 0 Å². The van der Waals surface area contributed by atoms with Crippen LogP contribution in [-0.2, 0) is 4.79 Å². The summed E-state index contributed by atoms with van der Waals surface area (Å²) in [7, 11) is 0. The van der Waals surface area contributed by atoms with Crippen molar-refractivity contribution in [1.29, 1.82) is 0 Å². The third kappa shape index (κ3) is 4.92. The Bertz CT molecular complexity index is 442. The molecule has 112 valence electrons. The van der Waals surface area contributed by atoms with Gasteiger partial charge in [-0.25, -0.2) is 0 Å². The van der Waals surface area contributed by atoms with Crippen molar-refractivity contribution in [1.82, 2.24) is 5.32 Å². The number of carbonyl (C=O) groups excluding carboxylic acids is 1. The molecule has 1 saturated heterocycles. The molecule has 2 N–H and O–H groups in total. The van der Waals surface area contributed by atoms with E-state index < -0.39 is 5.76 Å². The molecule has 0 bridgehead atoms. The van der Waals surface area contributed by atoms with E-state index >= 15 is 0 Å². The van der Waals surface area contributed by atoms with Gasteiger partial charge in [0.25, 0.3) is 5.76 Å². The van der Waals surface area contributed by atoms with Gasteiger partial charge in [0.1, 0.15) is 0 Å². The number of benzene rings is 1. The number of rotatable bonds is 4. The minimum absolute atomic E-state index is 0. The van der Waals surface area contributed by atoms with Gasteiger partial charge in [-0.2, -0.15) is 8.78 Å². The molecule has 0 aliphatic carbocycles. The summed E-state index contributed by atoms with van der Waals surface area (Å²) in [4.78, 5) is 12.5. The lowest BCUT2D eigenvalue weighted by atomic mass is 9.99. The summed E-state index contributed by atoms with van der Waals surface area (Å²) in [6, 6.07) is 6.65. The third-order valence-electron chi connectivity index (χ3n) is 3.03. The van der Waals surface area contributed by atoms with Crippen molar-refractivity contribution in [3.05, 3.63) is 24.3 Å². The number of hydrogen-bond donors (Lipinski definition) is 2. The maximum Gasteiger partial charge on any atom is 0.288 e. The lowest BCUT2D eigenvalue weighted by molar-refractivity contribution is -0.120. The van der Waals surface area contributed by atoms with Crippen LogP contribution in [0.4, 0.5) is 14.5 Å². The zero-order valence-corrected chi connectivity index (χ0v) is 12.4. The van der Waals surface area contributed by atoms with E-state index in [4.69, 9.17) is 0 Å². The zero-order valence-electron chi connectivity index (χ0n) is 10.8. The second kappa shape index (κ2) is 8.44. The van der Waals surface area contributed by atoms with Crippen LogP contribution in [0.25, 0.3) is 0 Å². The first kappa shape index (κ1) is 17.2. The summed E-state index contributed by atoms with van der Waals surface area (Å²) in [5, 5.41) is 5.91. The highest BCUT2D eigenvalue weighted by molar-refractivity contribution is 7.99. The van der Waals surface area contributed by atoms with Crippen LogP contribution in [0.2, 0.25) is 0 Å². The van der Waals surface area contributed by atoms with E-state index in [1.165, 1.54) is 0 Å². The molecular weight excluding hydrogens is 306 g/mol. The lowest BCUT2D eigenvalue weighted by Gasteiger charge is -2.22. The van der Waals surface area contributed by atoms with Crippen molar-refractivity contribution >= 4 is 35.8 Å². The van der Waals surface area contributed by atoms with Gasteiger partial charge in [0.15, 0.2) is 0 Å². The molecule has 0 saturated carbocycles. The number of thioether (sulfide) groups is 1. The first-order chi connectivity index (χ1) is 9.16. The molecule has 7 heteroatoms. The van der Waals surface area contributed by atoms with Crippen LogP contribution in [0.5, 0.6) is 0 Å². The quantitative estimate of drug-likeness (QED) is 0.835. The topological polar surface area (TPSA) is 41.1 Å². The van der Waals surface area contributed by atoms with Gasteiger partial charge in [-0.3, -0.25) is 4.79 Å². The molecule has 1 aromatic rings. The van der Waals surface area contributed by atoms with Crippen LogP contribution < -0.4 is 10.6 Å². The Balaban J connectivity index is 0.00000200. The maximum absolute atomic E-state index is 12.4. The Morgan fingerprint density at radius 3 is 2.80 bits per heavy atom. The van der Waals surface area contributed by atoms with Crippen molar-refractivity contribution in [2.75, 3.05) is 18.4 Å². The monoisotopic (exact) mass is 322 g/mol. The van der Waals surface area contributed by atoms with Crippen LogP contribution in [0.1, 0.15) is 12.8 Å². The predicted octanol–water partition coefficient (Wildman–Crippen LogP) is 3.36. The normalized spacial score (nSPS) is 18.4. The Hall–Kier alpha value is -0.850. The van der Waals surface area contributed by atoms with Gasteiger partial charge < -0.3 is 10.6 Å². The van der Waals surface area contributed by atoms with Crippen molar-refractivity contribution in [2.24, 2.45) is 5.92 Å². The van der Waals surface area contributed by atoms with Gasteiger partial charge in [-0.1, -0.05) is 23.9 Å². The third-order valence-corrected chi connectivity index (χ3v) is 3.82. The average molecular weight is 323 g/mol. The molecule has 1 fully saturated rings. The molecule has 1 atom stereocenters. The summed E-state index contributed by atoms with van der Waals surface area (Å²) in [5.74, 6) is -2.68. The van der Waals surface area contributed by atoms with Crippen LogP contribution in [0.15, 0.2) is 29.2 Å². The minimum atomic E-state index is -2.49. The second-order valence-corrected chi connectivity index (χ2v) is 5.44. The van der Waals surface area contributed by atoms with E-state index in [2.05, 4.69) is 10.6 Å². The number of hydrogen-bond acceptors (Lipinski definition) is 3. The van der Waals surface area contributed by atoms with E-state index in [1.54, 1.807) is 24.3 Å². The number of carbonyl (C=O) groups is 1. The predicted molar refractivity (Wildman–Crippen MR) is 79.8 cm³/mol. The fourth-order valence-electron chi connectivity index (χ4n) is 2.08. The van der Waals surface area contributed by atoms with Gasteiger partial charge in [0.2, 0.25) is 5.91 Å². The van der Waals surface area contributed by atoms with Crippen LogP contribution in [0, 0.1) is 5.92 Å². The molecule has 0 aromatic heterocycles. The molecule has 1 aliphatic rings. The standard InChI is InChI=1S/C13H16F2N2OS.ClH/c14-13(15)19-11-6-2-1-5-10(11)17-12(18)9-4-3-7-16-8-9;/h1-2,5-6,9,13,16H,3-4,7-8H2,(H,17,18);1H/t9-;/m1./s1. The van der Waals surface area contributed by atoms with E-state index in [0.29, 0.717) is 28.9 Å². The van der Waals surface area contributed by atoms with Crippen LogP contribution in [-0.4, -0.2) is 24.8 Å². The summed E-state index contributed by atoms with van der Waals surface area (Å²) >= 11 is 0.450. The first-order valence-corrected chi connectivity index (χ1v) is 7.10. The minimum Gasteiger partial charge on any atom is -0.325 e. The van der Waals surface area contributed by atoms with Gasteiger partial charge in [0, 0.05) is 11.4 Å². The van der Waals surface area contributed by atoms with E-state index in [-0.39, 0.29) is 24.2 Å². The lowest BCUT2D eigenvalue weighted by Crippen LogP contribution is -2.37. The first-order valence-electron chi connectivity index (χ1n) is 6.22. The number of nitrogens with one attached hydrogen (secondary N) is 2. The summed E-state index contributed by atoms with van der Waals surface area (Å²) < 4.78 is 24.9. The number of alkyl halides is 2. The number of anilines is 1. The Morgan fingerprint density at radius 2 is 2.15 bits per heavy atom. The molecule has 20 heavy (non-hydrogen) atoms. The van der Waals surface area contributed by atoms with E-state index in [0.717, 1.165) is 19.4 Å². The Kier molecular flexibility index (Phi) is 7.26. The molecular formula is C13H17ClF2N2OS. The largest absolute Gasteiger partial charge is 0.325 e. The Morgan fingerprint density at radius 1 is 1.40 bits per heavy atom. The molecule has 1 amide bonds. The van der Waals surface area contributed by atoms with Crippen molar-refractivity contribution < 1.29 is 13.6 Å². The molecule has 0 unspecified atom stereocenters. The number of halogens is 3. The van der Waals surface area contributed by atoms with E-state index in [1.807, 2.05) is 0 Å².